The molecule has 0 aromatic carbocycles. The van der Waals surface area contributed by atoms with Gasteiger partial charge in [0.25, 0.3) is 0 Å². The van der Waals surface area contributed by atoms with Gasteiger partial charge in [0.05, 0.1) is 0 Å². The van der Waals surface area contributed by atoms with E-state index in [-0.39, 0.29) is 0 Å². The van der Waals surface area contributed by atoms with Gasteiger partial charge in [0.1, 0.15) is 0 Å². The lowest BCUT2D eigenvalue weighted by Gasteiger charge is -2.23. The summed E-state index contributed by atoms with van der Waals surface area (Å²) in [6.07, 6.45) is 2.09. The van der Waals surface area contributed by atoms with Crippen LogP contribution < -0.4 is 5.73 Å². The molecule has 0 atom stereocenters. The third-order valence-corrected chi connectivity index (χ3v) is 1.82. The monoisotopic (exact) mass is 134 g/mol. The summed E-state index contributed by atoms with van der Waals surface area (Å²) in [7, 11) is 0. The molecule has 2 N–H and O–H groups in total. The van der Waals surface area contributed by atoms with Crippen LogP contribution in [0.2, 0.25) is 0 Å². The average Bonchev–Trinajstić information content (AvgIpc) is 1.77. The van der Waals surface area contributed by atoms with E-state index in [0.29, 0.717) is 6.04 Å². The van der Waals surface area contributed by atoms with Gasteiger partial charge in [-0.15, -0.1) is 0 Å². The molecule has 1 heterocycles. The van der Waals surface area contributed by atoms with Crippen molar-refractivity contribution >= 4 is 11.8 Å². The van der Waals surface area contributed by atoms with Crippen molar-refractivity contribution in [2.45, 2.75) is 18.9 Å². The molecule has 1 aliphatic rings. The average molecular weight is 135 g/mol. The summed E-state index contributed by atoms with van der Waals surface area (Å²) in [4.78, 5) is 0. The molecule has 1 saturated heterocycles. The number of hydrogen-bond acceptors (Lipinski definition) is 2. The highest BCUT2D eigenvalue weighted by Crippen LogP contribution is 2.08. The molecule has 0 aliphatic carbocycles. The highest BCUT2D eigenvalue weighted by atomic mass is 35.5. The normalized spacial score (nSPS) is 26.2. The number of hydrogen-bond donors (Lipinski definition) is 1. The molecule has 8 heavy (non-hydrogen) atoms. The smallest absolute Gasteiger partial charge is 0.0153 e. The largest absolute Gasteiger partial charge is 0.328 e. The van der Waals surface area contributed by atoms with E-state index < -0.39 is 0 Å². The van der Waals surface area contributed by atoms with Crippen LogP contribution in [0.3, 0.4) is 0 Å². The summed E-state index contributed by atoms with van der Waals surface area (Å²) in [6, 6.07) is 0.394. The third-order valence-electron chi connectivity index (χ3n) is 1.49. The van der Waals surface area contributed by atoms with Crippen LogP contribution in [0, 0.1) is 0 Å². The molecule has 0 spiro atoms. The van der Waals surface area contributed by atoms with Crippen LogP contribution in [0.15, 0.2) is 0 Å². The number of piperidine rings is 1. The topological polar surface area (TPSA) is 29.3 Å². The Hall–Kier alpha value is 0.210. The Balaban J connectivity index is 2.19. The third kappa shape index (κ3) is 1.62. The molecule has 3 heteroatoms. The molecule has 1 fully saturated rings. The van der Waals surface area contributed by atoms with Gasteiger partial charge < -0.3 is 5.73 Å². The zero-order chi connectivity index (χ0) is 5.98. The van der Waals surface area contributed by atoms with E-state index in [1.807, 2.05) is 0 Å². The minimum absolute atomic E-state index is 0.394. The quantitative estimate of drug-likeness (QED) is 0.491. The second kappa shape index (κ2) is 2.67. The molecule has 2 nitrogen and oxygen atoms in total. The van der Waals surface area contributed by atoms with Gasteiger partial charge >= 0.3 is 0 Å². The maximum Gasteiger partial charge on any atom is 0.0153 e. The summed E-state index contributed by atoms with van der Waals surface area (Å²) in [5.41, 5.74) is 5.61. The lowest BCUT2D eigenvalue weighted by atomic mass is 10.1. The summed E-state index contributed by atoms with van der Waals surface area (Å²) in [6.45, 7) is 1.89. The van der Waals surface area contributed by atoms with Gasteiger partial charge in [0.15, 0.2) is 0 Å². The minimum Gasteiger partial charge on any atom is -0.328 e. The van der Waals surface area contributed by atoms with Crippen LogP contribution in [-0.2, 0) is 0 Å². The van der Waals surface area contributed by atoms with Crippen molar-refractivity contribution in [3.8, 4) is 0 Å². The summed E-state index contributed by atoms with van der Waals surface area (Å²) in [5, 5.41) is 0. The first-order valence-electron chi connectivity index (χ1n) is 2.95. The van der Waals surface area contributed by atoms with Gasteiger partial charge in [-0.3, -0.25) is 0 Å². The Morgan fingerprint density at radius 3 is 2.25 bits per heavy atom. The minimum atomic E-state index is 0.394. The van der Waals surface area contributed by atoms with Crippen molar-refractivity contribution in [3.63, 3.8) is 0 Å². The first-order valence-corrected chi connectivity index (χ1v) is 3.29. The van der Waals surface area contributed by atoms with Crippen molar-refractivity contribution in [1.29, 1.82) is 0 Å². The molecule has 0 aromatic rings. The zero-order valence-corrected chi connectivity index (χ0v) is 5.56. The van der Waals surface area contributed by atoms with E-state index in [1.165, 1.54) is 0 Å². The Labute approximate surface area is 54.7 Å². The van der Waals surface area contributed by atoms with Gasteiger partial charge in [-0.25, -0.2) is 4.42 Å². The molecule has 0 unspecified atom stereocenters. The van der Waals surface area contributed by atoms with Crippen LogP contribution in [-0.4, -0.2) is 23.6 Å². The maximum atomic E-state index is 5.66. The molecule has 0 bridgehead atoms. The zero-order valence-electron chi connectivity index (χ0n) is 4.81. The van der Waals surface area contributed by atoms with Crippen LogP contribution in [0.1, 0.15) is 12.8 Å². The van der Waals surface area contributed by atoms with Crippen LogP contribution in [0.4, 0.5) is 0 Å². The van der Waals surface area contributed by atoms with Crippen LogP contribution >= 0.6 is 11.8 Å². The van der Waals surface area contributed by atoms with Crippen molar-refractivity contribution in [3.05, 3.63) is 0 Å². The molecule has 1 aliphatic heterocycles. The fourth-order valence-corrected chi connectivity index (χ4v) is 1.06. The van der Waals surface area contributed by atoms with E-state index in [4.69, 9.17) is 17.5 Å². The molecule has 48 valence electrons. The lowest BCUT2D eigenvalue weighted by molar-refractivity contribution is 0.336. The summed E-state index contributed by atoms with van der Waals surface area (Å²) in [5.74, 6) is 0. The van der Waals surface area contributed by atoms with Gasteiger partial charge in [0.2, 0.25) is 0 Å². The Morgan fingerprint density at radius 1 is 1.38 bits per heavy atom. The van der Waals surface area contributed by atoms with Gasteiger partial charge in [0, 0.05) is 19.1 Å². The highest BCUT2D eigenvalue weighted by Gasteiger charge is 2.12. The summed E-state index contributed by atoms with van der Waals surface area (Å²) >= 11 is 5.66. The predicted molar refractivity (Wildman–Crippen MR) is 34.6 cm³/mol. The standard InChI is InChI=1S/C5H11ClN2/c6-8-3-1-5(7)2-4-8/h5H,1-4,7H2. The fourth-order valence-electron chi connectivity index (χ4n) is 0.868. The van der Waals surface area contributed by atoms with Gasteiger partial charge in [-0.05, 0) is 24.6 Å². The van der Waals surface area contributed by atoms with Gasteiger partial charge in [-0.1, -0.05) is 0 Å². The molecular formula is C5H11ClN2. The fraction of sp³-hybridized carbons (Fsp3) is 1.00. The van der Waals surface area contributed by atoms with Crippen LogP contribution in [0.25, 0.3) is 0 Å². The molecular weight excluding hydrogens is 124 g/mol. The van der Waals surface area contributed by atoms with E-state index in [2.05, 4.69) is 0 Å². The Kier molecular flexibility index (Phi) is 2.11. The Bertz CT molecular complexity index is 58.8. The van der Waals surface area contributed by atoms with Crippen molar-refractivity contribution in [2.75, 3.05) is 13.1 Å². The maximum absolute atomic E-state index is 5.66. The Morgan fingerprint density at radius 2 is 1.88 bits per heavy atom. The molecule has 0 aromatic heterocycles. The van der Waals surface area contributed by atoms with Crippen molar-refractivity contribution in [2.24, 2.45) is 5.73 Å². The molecule has 0 saturated carbocycles. The highest BCUT2D eigenvalue weighted by molar-refractivity contribution is 6.13. The number of halogens is 1. The predicted octanol–water partition coefficient (Wildman–Crippen LogP) is 0.563. The lowest BCUT2D eigenvalue weighted by Crippen LogP contribution is -2.34. The van der Waals surface area contributed by atoms with E-state index >= 15 is 0 Å². The first-order chi connectivity index (χ1) is 3.79. The molecule has 1 rings (SSSR count). The van der Waals surface area contributed by atoms with Gasteiger partial charge in [-0.2, -0.15) is 0 Å². The van der Waals surface area contributed by atoms with Crippen molar-refractivity contribution < 1.29 is 0 Å². The second-order valence-electron chi connectivity index (χ2n) is 2.25. The number of nitrogens with two attached hydrogens (primary N) is 1. The SMILES string of the molecule is NC1CCN(Cl)CC1. The summed E-state index contributed by atoms with van der Waals surface area (Å²) < 4.78 is 1.80. The number of nitrogens with zero attached hydrogens (tertiary/aromatic N) is 1. The van der Waals surface area contributed by atoms with Crippen molar-refractivity contribution in [1.82, 2.24) is 4.42 Å². The molecule has 0 amide bonds. The van der Waals surface area contributed by atoms with Crippen LogP contribution in [0.5, 0.6) is 0 Å². The van der Waals surface area contributed by atoms with E-state index in [0.717, 1.165) is 25.9 Å². The van der Waals surface area contributed by atoms with E-state index in [1.54, 1.807) is 4.42 Å². The second-order valence-corrected chi connectivity index (χ2v) is 2.73. The number of rotatable bonds is 0. The first kappa shape index (κ1) is 6.33. The molecule has 0 radical (unpaired) electrons. The van der Waals surface area contributed by atoms with E-state index in [9.17, 15) is 0 Å².